The third-order valence-corrected chi connectivity index (χ3v) is 14.7. The Morgan fingerprint density at radius 3 is 2.22 bits per heavy atom. The van der Waals surface area contributed by atoms with Gasteiger partial charge in [-0.2, -0.15) is 9.78 Å². The highest BCUT2D eigenvalue weighted by molar-refractivity contribution is 5.79. The molecule has 3 aromatic rings. The highest BCUT2D eigenvalue weighted by Crippen LogP contribution is 2.65. The zero-order valence-electron chi connectivity index (χ0n) is 33.7. The lowest BCUT2D eigenvalue weighted by atomic mass is 9.50. The van der Waals surface area contributed by atoms with E-state index in [1.807, 2.05) is 48.5 Å². The number of hydrogen-bond donors (Lipinski definition) is 3. The Labute approximate surface area is 345 Å². The van der Waals surface area contributed by atoms with Gasteiger partial charge in [-0.1, -0.05) is 60.7 Å². The van der Waals surface area contributed by atoms with Crippen LogP contribution >= 0.6 is 0 Å². The maximum atomic E-state index is 13.2. The molecule has 8 aliphatic rings. The molecule has 7 fully saturated rings. The first-order chi connectivity index (χ1) is 28.7. The van der Waals surface area contributed by atoms with Gasteiger partial charge in [0.05, 0.1) is 0 Å². The summed E-state index contributed by atoms with van der Waals surface area (Å²) in [6.45, 7) is 1.74. The van der Waals surface area contributed by atoms with E-state index < -0.39 is 23.8 Å². The molecular weight excluding hydrogens is 749 g/mol. The Balaban J connectivity index is 0.692. The zero-order chi connectivity index (χ0) is 40.2. The van der Waals surface area contributed by atoms with E-state index in [-0.39, 0.29) is 47.8 Å². The van der Waals surface area contributed by atoms with E-state index >= 15 is 0 Å². The Morgan fingerprint density at radius 2 is 1.53 bits per heavy atom. The standard InChI is InChI=1S/C47H56N4O8/c48-20-6-12-42(52)50-45-25-30-23-33(27-45)47(34(24-30)28-45)57-46(58-59-47)19-5-7-32(26-46)31-13-15-36(16-14-31)56-44(54)51-21-17-35(18-22-51)49-43(53)55-29-41-39-10-3-1-8-37(39)38-9-2-4-11-40(38)41/h1-4,8-11,13-16,30,32-35,41H,5-7,12,17-29,48H2,(H,49,53)(H,50,52)/t30?,32-,33-,34+,45?,46-,47+/m1/s1. The van der Waals surface area contributed by atoms with Crippen LogP contribution in [0.5, 0.6) is 5.75 Å². The third-order valence-electron chi connectivity index (χ3n) is 14.7. The van der Waals surface area contributed by atoms with Crippen LogP contribution < -0.4 is 21.1 Å². The molecule has 12 heteroatoms. The van der Waals surface area contributed by atoms with Gasteiger partial charge < -0.3 is 35.5 Å². The topological polar surface area (TPSA) is 151 Å². The summed E-state index contributed by atoms with van der Waals surface area (Å²) in [5.74, 6) is 0.184. The van der Waals surface area contributed by atoms with Gasteiger partial charge >= 0.3 is 12.2 Å². The fraction of sp³-hybridized carbons (Fsp3) is 0.553. The van der Waals surface area contributed by atoms with Crippen LogP contribution in [0.1, 0.15) is 112 Å². The average Bonchev–Trinajstić information content (AvgIpc) is 3.77. The highest BCUT2D eigenvalue weighted by Gasteiger charge is 2.70. The smallest absolute Gasteiger partial charge is 0.415 e. The fourth-order valence-corrected chi connectivity index (χ4v) is 12.1. The number of ether oxygens (including phenoxy) is 3. The molecule has 2 saturated heterocycles. The van der Waals surface area contributed by atoms with Crippen molar-refractivity contribution >= 4 is 18.1 Å². The van der Waals surface area contributed by atoms with Crippen molar-refractivity contribution in [1.82, 2.24) is 15.5 Å². The van der Waals surface area contributed by atoms with E-state index in [4.69, 9.17) is 29.7 Å². The van der Waals surface area contributed by atoms with Crippen LogP contribution in [0.15, 0.2) is 72.8 Å². The largest absolute Gasteiger partial charge is 0.449 e. The van der Waals surface area contributed by atoms with E-state index in [1.165, 1.54) is 22.3 Å². The first kappa shape index (κ1) is 38.7. The number of nitrogens with one attached hydrogen (secondary N) is 2. The summed E-state index contributed by atoms with van der Waals surface area (Å²) in [6, 6.07) is 24.3. The molecule has 11 rings (SSSR count). The summed E-state index contributed by atoms with van der Waals surface area (Å²) in [5, 5.41) is 6.44. The van der Waals surface area contributed by atoms with Crippen LogP contribution in [0.3, 0.4) is 0 Å². The molecule has 3 aromatic carbocycles. The number of nitrogens with zero attached hydrogens (tertiary/aromatic N) is 1. The molecule has 2 spiro atoms. The first-order valence-electron chi connectivity index (χ1n) is 22.0. The summed E-state index contributed by atoms with van der Waals surface area (Å²) < 4.78 is 18.6. The molecule has 12 nitrogen and oxygen atoms in total. The number of alkyl carbamates (subject to hydrolysis) is 1. The Bertz CT molecular complexity index is 2010. The molecule has 5 saturated carbocycles. The van der Waals surface area contributed by atoms with Crippen LogP contribution in [0.2, 0.25) is 0 Å². The van der Waals surface area contributed by atoms with Gasteiger partial charge in [0.1, 0.15) is 12.4 Å². The molecule has 6 aliphatic carbocycles. The number of piperidine rings is 1. The van der Waals surface area contributed by atoms with Crippen molar-refractivity contribution in [3.05, 3.63) is 89.5 Å². The van der Waals surface area contributed by atoms with Gasteiger partial charge in [0, 0.05) is 61.7 Å². The summed E-state index contributed by atoms with van der Waals surface area (Å²) in [6.07, 6.45) is 9.83. The minimum atomic E-state index is -0.799. The Kier molecular flexibility index (Phi) is 10.2. The Morgan fingerprint density at radius 1 is 0.831 bits per heavy atom. The number of carbonyl (C=O) groups is 3. The molecular formula is C47H56N4O8. The predicted octanol–water partition coefficient (Wildman–Crippen LogP) is 7.65. The lowest BCUT2D eigenvalue weighted by molar-refractivity contribution is -0.391. The molecule has 4 bridgehead atoms. The van der Waals surface area contributed by atoms with Crippen molar-refractivity contribution in [2.24, 2.45) is 23.5 Å². The lowest BCUT2D eigenvalue weighted by Gasteiger charge is -2.62. The molecule has 2 aliphatic heterocycles. The van der Waals surface area contributed by atoms with Crippen molar-refractivity contribution < 1.29 is 38.4 Å². The molecule has 4 N–H and O–H groups in total. The van der Waals surface area contributed by atoms with Crippen molar-refractivity contribution in [2.45, 2.75) is 118 Å². The van der Waals surface area contributed by atoms with E-state index in [1.54, 1.807) is 4.90 Å². The molecule has 2 unspecified atom stereocenters. The number of nitrogens with two attached hydrogens (primary N) is 1. The van der Waals surface area contributed by atoms with Gasteiger partial charge in [-0.05, 0) is 123 Å². The van der Waals surface area contributed by atoms with E-state index in [0.717, 1.165) is 56.9 Å². The number of benzene rings is 3. The van der Waals surface area contributed by atoms with E-state index in [2.05, 4.69) is 34.9 Å². The minimum Gasteiger partial charge on any atom is -0.449 e. The lowest BCUT2D eigenvalue weighted by Crippen LogP contribution is -2.69. The number of rotatable bonds is 9. The van der Waals surface area contributed by atoms with Crippen LogP contribution in [0, 0.1) is 17.8 Å². The minimum absolute atomic E-state index is 0.00568. The van der Waals surface area contributed by atoms with Crippen molar-refractivity contribution in [3.63, 3.8) is 0 Å². The quantitative estimate of drug-likeness (QED) is 0.185. The predicted molar refractivity (Wildman–Crippen MR) is 218 cm³/mol. The van der Waals surface area contributed by atoms with E-state index in [0.29, 0.717) is 63.4 Å². The van der Waals surface area contributed by atoms with Crippen LogP contribution in [0.25, 0.3) is 11.1 Å². The first-order valence-corrected chi connectivity index (χ1v) is 22.0. The van der Waals surface area contributed by atoms with Gasteiger partial charge in [-0.25, -0.2) is 9.59 Å². The maximum absolute atomic E-state index is 13.2. The Hall–Kier alpha value is -4.49. The fourth-order valence-electron chi connectivity index (χ4n) is 12.1. The number of carbonyl (C=O) groups excluding carboxylic acids is 3. The van der Waals surface area contributed by atoms with Gasteiger partial charge in [-0.3, -0.25) is 4.79 Å². The molecule has 7 atom stereocenters. The summed E-state index contributed by atoms with van der Waals surface area (Å²) in [5.41, 5.74) is 11.4. The van der Waals surface area contributed by atoms with Gasteiger partial charge in [0.15, 0.2) is 0 Å². The normalized spacial score (nSPS) is 31.9. The van der Waals surface area contributed by atoms with Crippen molar-refractivity contribution in [3.8, 4) is 16.9 Å². The monoisotopic (exact) mass is 804 g/mol. The summed E-state index contributed by atoms with van der Waals surface area (Å²) in [4.78, 5) is 53.2. The van der Waals surface area contributed by atoms with E-state index in [9.17, 15) is 14.4 Å². The second-order valence-electron chi connectivity index (χ2n) is 18.4. The highest BCUT2D eigenvalue weighted by atomic mass is 17.3. The van der Waals surface area contributed by atoms with Crippen LogP contribution in [-0.4, -0.2) is 72.4 Å². The molecule has 0 aromatic heterocycles. The van der Waals surface area contributed by atoms with Crippen molar-refractivity contribution in [1.29, 1.82) is 0 Å². The number of fused-ring (bicyclic) bond motifs is 3. The molecule has 3 amide bonds. The molecule has 2 heterocycles. The molecule has 312 valence electrons. The van der Waals surface area contributed by atoms with Gasteiger partial charge in [0.2, 0.25) is 17.5 Å². The maximum Gasteiger partial charge on any atom is 0.415 e. The number of amides is 3. The van der Waals surface area contributed by atoms with Crippen LogP contribution in [-0.2, 0) is 24.0 Å². The van der Waals surface area contributed by atoms with Gasteiger partial charge in [0.25, 0.3) is 0 Å². The summed E-state index contributed by atoms with van der Waals surface area (Å²) >= 11 is 0. The zero-order valence-corrected chi connectivity index (χ0v) is 33.7. The number of hydrogen-bond acceptors (Lipinski definition) is 9. The third kappa shape index (κ3) is 7.29. The SMILES string of the molecule is NCCCC(=O)NC12CC3C[C@H](C1)[C@]1(OO[C@@]4(CCC[C@@H](c5ccc(OC(=O)N6CCC(NC(=O)OCC7c8ccccc8-c8ccccc87)CC6)cc5)C4)O1)[C@@H](C3)C2. The molecule has 0 radical (unpaired) electrons. The average molecular weight is 805 g/mol. The van der Waals surface area contributed by atoms with Crippen molar-refractivity contribution in [2.75, 3.05) is 26.2 Å². The molecule has 59 heavy (non-hydrogen) atoms. The number of likely N-dealkylation sites (tertiary alicyclic amines) is 1. The second-order valence-corrected chi connectivity index (χ2v) is 18.4. The van der Waals surface area contributed by atoms with Gasteiger partial charge in [-0.15, -0.1) is 0 Å². The van der Waals surface area contributed by atoms with Crippen LogP contribution in [0.4, 0.5) is 9.59 Å². The second kappa shape index (κ2) is 15.5. The summed E-state index contributed by atoms with van der Waals surface area (Å²) in [7, 11) is 0.